The molecule has 1 aliphatic heterocycles. The van der Waals surface area contributed by atoms with Crippen LogP contribution in [0.2, 0.25) is 0 Å². The first kappa shape index (κ1) is 14.0. The third-order valence-corrected chi connectivity index (χ3v) is 3.44. The van der Waals surface area contributed by atoms with Crippen LogP contribution in [-0.4, -0.2) is 36.8 Å². The van der Waals surface area contributed by atoms with Gasteiger partial charge in [-0.3, -0.25) is 4.90 Å². The second kappa shape index (κ2) is 6.20. The van der Waals surface area contributed by atoms with Crippen LogP contribution in [0.15, 0.2) is 41.0 Å². The molecule has 0 radical (unpaired) electrons. The minimum absolute atomic E-state index is 0.514. The van der Waals surface area contributed by atoms with Crippen molar-refractivity contribution in [1.82, 2.24) is 4.90 Å². The van der Waals surface area contributed by atoms with E-state index >= 15 is 0 Å². The monoisotopic (exact) mass is 289 g/mol. The molecule has 1 N–H and O–H groups in total. The highest BCUT2D eigenvalue weighted by Gasteiger charge is 2.17. The van der Waals surface area contributed by atoms with Crippen molar-refractivity contribution in [1.29, 1.82) is 0 Å². The maximum atomic E-state index is 10.4. The van der Waals surface area contributed by atoms with Crippen molar-refractivity contribution in [3.63, 3.8) is 0 Å². The van der Waals surface area contributed by atoms with E-state index in [9.17, 15) is 5.11 Å². The summed E-state index contributed by atoms with van der Waals surface area (Å²) in [6, 6.07) is 9.35. The number of fused-ring (bicyclic) bond motifs is 1. The smallest absolute Gasteiger partial charge is 0.161 e. The second-order valence-corrected chi connectivity index (χ2v) is 5.20. The molecule has 21 heavy (non-hydrogen) atoms. The van der Waals surface area contributed by atoms with E-state index in [1.165, 1.54) is 0 Å². The lowest BCUT2D eigenvalue weighted by Gasteiger charge is -2.22. The number of hydrogen-bond acceptors (Lipinski definition) is 5. The molecule has 0 aliphatic carbocycles. The first-order valence-electron chi connectivity index (χ1n) is 7.01. The zero-order valence-electron chi connectivity index (χ0n) is 12.0. The van der Waals surface area contributed by atoms with Crippen molar-refractivity contribution >= 4 is 0 Å². The van der Waals surface area contributed by atoms with Crippen LogP contribution in [0.25, 0.3) is 0 Å². The SMILES string of the molecule is CN(Cc1ccco1)CC(O)c1ccc2c(c1)OCCO2. The second-order valence-electron chi connectivity index (χ2n) is 5.20. The van der Waals surface area contributed by atoms with Gasteiger partial charge in [0.2, 0.25) is 0 Å². The Morgan fingerprint density at radius 1 is 1.19 bits per heavy atom. The molecule has 1 aliphatic rings. The predicted molar refractivity (Wildman–Crippen MR) is 77.4 cm³/mol. The summed E-state index contributed by atoms with van der Waals surface area (Å²) in [5, 5.41) is 10.4. The number of aliphatic hydroxyl groups is 1. The number of ether oxygens (including phenoxy) is 2. The van der Waals surface area contributed by atoms with E-state index < -0.39 is 6.10 Å². The fourth-order valence-corrected chi connectivity index (χ4v) is 2.40. The molecule has 0 saturated carbocycles. The summed E-state index contributed by atoms with van der Waals surface area (Å²) in [5.41, 5.74) is 0.825. The largest absolute Gasteiger partial charge is 0.486 e. The Labute approximate surface area is 123 Å². The molecule has 1 aromatic carbocycles. The number of benzene rings is 1. The predicted octanol–water partition coefficient (Wildman–Crippen LogP) is 2.22. The van der Waals surface area contributed by atoms with Crippen molar-refractivity contribution in [2.24, 2.45) is 0 Å². The van der Waals surface area contributed by atoms with E-state index in [0.29, 0.717) is 32.1 Å². The summed E-state index contributed by atoms with van der Waals surface area (Å²) in [6.07, 6.45) is 1.07. The standard InChI is InChI=1S/C16H19NO4/c1-17(10-13-3-2-6-19-13)11-14(18)12-4-5-15-16(9-12)21-8-7-20-15/h2-6,9,14,18H,7-8,10-11H2,1H3. The lowest BCUT2D eigenvalue weighted by atomic mass is 10.1. The number of rotatable bonds is 5. The van der Waals surface area contributed by atoms with Crippen molar-refractivity contribution in [3.8, 4) is 11.5 Å². The van der Waals surface area contributed by atoms with Gasteiger partial charge in [0.25, 0.3) is 0 Å². The Bertz CT molecular complexity index is 582. The fourth-order valence-electron chi connectivity index (χ4n) is 2.40. The highest BCUT2D eigenvalue weighted by atomic mass is 16.6. The van der Waals surface area contributed by atoms with Crippen LogP contribution >= 0.6 is 0 Å². The van der Waals surface area contributed by atoms with Gasteiger partial charge in [-0.25, -0.2) is 0 Å². The Morgan fingerprint density at radius 3 is 2.76 bits per heavy atom. The van der Waals surface area contributed by atoms with Gasteiger partial charge >= 0.3 is 0 Å². The Balaban J connectivity index is 1.63. The van der Waals surface area contributed by atoms with Gasteiger partial charge in [0.1, 0.15) is 19.0 Å². The van der Waals surface area contributed by atoms with E-state index in [-0.39, 0.29) is 0 Å². The highest BCUT2D eigenvalue weighted by molar-refractivity contribution is 5.44. The third kappa shape index (κ3) is 3.37. The zero-order valence-corrected chi connectivity index (χ0v) is 12.0. The molecule has 5 heteroatoms. The molecular formula is C16H19NO4. The average molecular weight is 289 g/mol. The van der Waals surface area contributed by atoms with Crippen LogP contribution in [0.5, 0.6) is 11.5 Å². The van der Waals surface area contributed by atoms with Crippen molar-refractivity contribution in [2.45, 2.75) is 12.6 Å². The van der Waals surface area contributed by atoms with Crippen LogP contribution in [0.1, 0.15) is 17.4 Å². The first-order chi connectivity index (χ1) is 10.2. The molecule has 0 amide bonds. The van der Waals surface area contributed by atoms with Gasteiger partial charge in [-0.15, -0.1) is 0 Å². The lowest BCUT2D eigenvalue weighted by Crippen LogP contribution is -2.24. The molecule has 2 aromatic rings. The summed E-state index contributed by atoms with van der Waals surface area (Å²) in [6.45, 7) is 2.29. The topological polar surface area (TPSA) is 55.1 Å². The number of likely N-dealkylation sites (N-methyl/N-ethyl adjacent to an activating group) is 1. The highest BCUT2D eigenvalue weighted by Crippen LogP contribution is 2.32. The minimum Gasteiger partial charge on any atom is -0.486 e. The quantitative estimate of drug-likeness (QED) is 0.914. The van der Waals surface area contributed by atoms with Gasteiger partial charge in [0, 0.05) is 6.54 Å². The maximum absolute atomic E-state index is 10.4. The van der Waals surface area contributed by atoms with Crippen LogP contribution in [0, 0.1) is 0 Å². The minimum atomic E-state index is -0.583. The molecule has 2 heterocycles. The molecule has 1 atom stereocenters. The van der Waals surface area contributed by atoms with E-state index in [0.717, 1.165) is 17.1 Å². The van der Waals surface area contributed by atoms with Gasteiger partial charge in [0.15, 0.2) is 11.5 Å². The summed E-state index contributed by atoms with van der Waals surface area (Å²) < 4.78 is 16.3. The number of aliphatic hydroxyl groups excluding tert-OH is 1. The maximum Gasteiger partial charge on any atom is 0.161 e. The molecule has 0 saturated heterocycles. The van der Waals surface area contributed by atoms with Gasteiger partial charge in [-0.05, 0) is 36.9 Å². The molecule has 1 unspecified atom stereocenters. The summed E-state index contributed by atoms with van der Waals surface area (Å²) in [5.74, 6) is 2.32. The first-order valence-corrected chi connectivity index (χ1v) is 7.01. The van der Waals surface area contributed by atoms with Crippen molar-refractivity contribution in [2.75, 3.05) is 26.8 Å². The van der Waals surface area contributed by atoms with E-state index in [1.807, 2.05) is 42.3 Å². The summed E-state index contributed by atoms with van der Waals surface area (Å²) in [7, 11) is 1.95. The van der Waals surface area contributed by atoms with E-state index in [1.54, 1.807) is 6.26 Å². The van der Waals surface area contributed by atoms with Crippen LogP contribution in [0.4, 0.5) is 0 Å². The summed E-state index contributed by atoms with van der Waals surface area (Å²) in [4.78, 5) is 2.01. The van der Waals surface area contributed by atoms with Crippen LogP contribution in [-0.2, 0) is 6.54 Å². The van der Waals surface area contributed by atoms with Crippen molar-refractivity contribution in [3.05, 3.63) is 47.9 Å². The Hall–Kier alpha value is -1.98. The molecule has 0 spiro atoms. The zero-order chi connectivity index (χ0) is 14.7. The summed E-state index contributed by atoms with van der Waals surface area (Å²) >= 11 is 0. The molecule has 0 bridgehead atoms. The Kier molecular flexibility index (Phi) is 4.13. The number of furan rings is 1. The average Bonchev–Trinajstić information content (AvgIpc) is 2.99. The van der Waals surface area contributed by atoms with Crippen molar-refractivity contribution < 1.29 is 19.0 Å². The third-order valence-electron chi connectivity index (χ3n) is 3.44. The van der Waals surface area contributed by atoms with Gasteiger partial charge in [-0.1, -0.05) is 6.07 Å². The molecule has 0 fully saturated rings. The van der Waals surface area contributed by atoms with Crippen LogP contribution in [0.3, 0.4) is 0 Å². The number of hydrogen-bond donors (Lipinski definition) is 1. The number of nitrogens with zero attached hydrogens (tertiary/aromatic N) is 1. The van der Waals surface area contributed by atoms with Gasteiger partial charge < -0.3 is 19.0 Å². The lowest BCUT2D eigenvalue weighted by molar-refractivity contribution is 0.119. The normalized spacial score (nSPS) is 15.2. The van der Waals surface area contributed by atoms with Gasteiger partial charge in [-0.2, -0.15) is 0 Å². The Morgan fingerprint density at radius 2 is 2.00 bits per heavy atom. The van der Waals surface area contributed by atoms with Gasteiger partial charge in [0.05, 0.1) is 18.9 Å². The molecule has 5 nitrogen and oxygen atoms in total. The van der Waals surface area contributed by atoms with E-state index in [2.05, 4.69) is 0 Å². The van der Waals surface area contributed by atoms with Crippen LogP contribution < -0.4 is 9.47 Å². The molecule has 112 valence electrons. The molecule has 3 rings (SSSR count). The molecular weight excluding hydrogens is 270 g/mol. The molecule has 1 aromatic heterocycles. The van der Waals surface area contributed by atoms with E-state index in [4.69, 9.17) is 13.9 Å². The fraction of sp³-hybridized carbons (Fsp3) is 0.375.